The van der Waals surface area contributed by atoms with E-state index in [1.54, 1.807) is 12.3 Å². The fourth-order valence-corrected chi connectivity index (χ4v) is 4.58. The van der Waals surface area contributed by atoms with E-state index in [4.69, 9.17) is 0 Å². The van der Waals surface area contributed by atoms with Gasteiger partial charge in [0.1, 0.15) is 0 Å². The first-order chi connectivity index (χ1) is 13.9. The number of hydrogen-bond donors (Lipinski definition) is 0. The molecule has 1 aliphatic heterocycles. The number of hydrogen-bond acceptors (Lipinski definition) is 2. The molecule has 2 fully saturated rings. The lowest BCUT2D eigenvalue weighted by Crippen LogP contribution is -2.35. The molecule has 2 aromatic rings. The predicted molar refractivity (Wildman–Crippen MR) is 104 cm³/mol. The highest BCUT2D eigenvalue weighted by Gasteiger charge is 2.35. The predicted octanol–water partition coefficient (Wildman–Crippen LogP) is 5.54. The number of pyridine rings is 1. The number of rotatable bonds is 4. The molecule has 0 spiro atoms. The molecule has 4 rings (SSSR count). The van der Waals surface area contributed by atoms with Crippen LogP contribution in [0.2, 0.25) is 0 Å². The molecule has 6 heteroatoms. The Morgan fingerprint density at radius 3 is 2.52 bits per heavy atom. The van der Waals surface area contributed by atoms with Crippen molar-refractivity contribution in [2.45, 2.75) is 57.2 Å². The van der Waals surface area contributed by atoms with Crippen molar-refractivity contribution in [2.24, 2.45) is 5.92 Å². The Morgan fingerprint density at radius 1 is 1.03 bits per heavy atom. The Hall–Kier alpha value is -2.37. The van der Waals surface area contributed by atoms with Gasteiger partial charge in [-0.25, -0.2) is 0 Å². The van der Waals surface area contributed by atoms with E-state index < -0.39 is 11.7 Å². The van der Waals surface area contributed by atoms with Gasteiger partial charge >= 0.3 is 6.18 Å². The number of halogens is 3. The van der Waals surface area contributed by atoms with Crippen molar-refractivity contribution < 1.29 is 18.0 Å². The maximum Gasteiger partial charge on any atom is 0.416 e. The van der Waals surface area contributed by atoms with Gasteiger partial charge in [-0.3, -0.25) is 9.78 Å². The van der Waals surface area contributed by atoms with Crippen molar-refractivity contribution in [1.82, 2.24) is 9.88 Å². The van der Waals surface area contributed by atoms with E-state index >= 15 is 0 Å². The lowest BCUT2D eigenvalue weighted by Gasteiger charge is -2.27. The number of carbonyl (C=O) groups excluding carboxylic acids is 1. The summed E-state index contributed by atoms with van der Waals surface area (Å²) in [5.41, 5.74) is 1.71. The third kappa shape index (κ3) is 4.46. The maximum atomic E-state index is 12.9. The second kappa shape index (κ2) is 8.17. The summed E-state index contributed by atoms with van der Waals surface area (Å²) < 4.78 is 38.7. The first-order valence-electron chi connectivity index (χ1n) is 10.3. The van der Waals surface area contributed by atoms with Crippen molar-refractivity contribution in [3.63, 3.8) is 0 Å². The molecular weight excluding hydrogens is 377 g/mol. The number of alkyl halides is 3. The van der Waals surface area contributed by atoms with Gasteiger partial charge in [-0.05, 0) is 55.4 Å². The third-order valence-corrected chi connectivity index (χ3v) is 6.09. The molecule has 1 saturated carbocycles. The fraction of sp³-hybridized carbons (Fsp3) is 0.478. The van der Waals surface area contributed by atoms with Gasteiger partial charge in [0.25, 0.3) is 0 Å². The summed E-state index contributed by atoms with van der Waals surface area (Å²) in [4.78, 5) is 19.4. The Kier molecular flexibility index (Phi) is 5.61. The smallest absolute Gasteiger partial charge is 0.334 e. The van der Waals surface area contributed by atoms with Gasteiger partial charge < -0.3 is 4.90 Å². The molecule has 1 saturated heterocycles. The topological polar surface area (TPSA) is 33.2 Å². The van der Waals surface area contributed by atoms with Crippen LogP contribution in [0.1, 0.15) is 67.0 Å². The lowest BCUT2D eigenvalue weighted by atomic mass is 10.0. The second-order valence-electron chi connectivity index (χ2n) is 8.14. The molecule has 0 N–H and O–H groups in total. The SMILES string of the molecule is O=C(C1CCCC1)N1CCC[C@@H]1c1ccc(Cc2cccc(C(F)(F)F)c2)cn1. The highest BCUT2D eigenvalue weighted by molar-refractivity contribution is 5.79. The van der Waals surface area contributed by atoms with Gasteiger partial charge in [-0.1, -0.05) is 37.1 Å². The van der Waals surface area contributed by atoms with Gasteiger partial charge in [-0.2, -0.15) is 13.2 Å². The molecule has 29 heavy (non-hydrogen) atoms. The van der Waals surface area contributed by atoms with Crippen molar-refractivity contribution in [2.75, 3.05) is 6.54 Å². The van der Waals surface area contributed by atoms with Crippen LogP contribution in [0.15, 0.2) is 42.6 Å². The molecule has 0 bridgehead atoms. The molecular formula is C23H25F3N2O. The van der Waals surface area contributed by atoms with E-state index in [1.165, 1.54) is 12.1 Å². The molecule has 1 aliphatic carbocycles. The first-order valence-corrected chi connectivity index (χ1v) is 10.3. The van der Waals surface area contributed by atoms with Crippen molar-refractivity contribution >= 4 is 5.91 Å². The minimum absolute atomic E-state index is 0.0192. The number of benzene rings is 1. The molecule has 2 heterocycles. The molecule has 1 aromatic carbocycles. The van der Waals surface area contributed by atoms with Gasteiger partial charge in [0.15, 0.2) is 0 Å². The summed E-state index contributed by atoms with van der Waals surface area (Å²) in [5.74, 6) is 0.427. The Morgan fingerprint density at radius 2 is 1.83 bits per heavy atom. The number of nitrogens with zero attached hydrogens (tertiary/aromatic N) is 2. The average Bonchev–Trinajstić information content (AvgIpc) is 3.40. The minimum Gasteiger partial charge on any atom is -0.334 e. The fourth-order valence-electron chi connectivity index (χ4n) is 4.58. The maximum absolute atomic E-state index is 12.9. The molecule has 2 aliphatic rings. The summed E-state index contributed by atoms with van der Waals surface area (Å²) in [6.45, 7) is 0.785. The van der Waals surface area contributed by atoms with Crippen LogP contribution in [0.3, 0.4) is 0 Å². The normalized spacial score (nSPS) is 20.4. The molecule has 1 aromatic heterocycles. The van der Waals surface area contributed by atoms with E-state index in [0.29, 0.717) is 12.0 Å². The Bertz CT molecular complexity index is 857. The van der Waals surface area contributed by atoms with Crippen LogP contribution in [0, 0.1) is 5.92 Å². The zero-order valence-electron chi connectivity index (χ0n) is 16.3. The van der Waals surface area contributed by atoms with E-state index in [2.05, 4.69) is 4.98 Å². The molecule has 1 amide bonds. The summed E-state index contributed by atoms with van der Waals surface area (Å²) in [5, 5.41) is 0. The summed E-state index contributed by atoms with van der Waals surface area (Å²) in [6.07, 6.45) is 3.94. The van der Waals surface area contributed by atoms with Crippen molar-refractivity contribution in [3.05, 3.63) is 65.0 Å². The van der Waals surface area contributed by atoms with E-state index in [1.807, 2.05) is 17.0 Å². The average molecular weight is 402 g/mol. The van der Waals surface area contributed by atoms with Gasteiger partial charge in [0, 0.05) is 18.7 Å². The summed E-state index contributed by atoms with van der Waals surface area (Å²) >= 11 is 0. The number of aromatic nitrogens is 1. The number of amides is 1. The highest BCUT2D eigenvalue weighted by Crippen LogP contribution is 2.36. The van der Waals surface area contributed by atoms with Crippen LogP contribution in [-0.4, -0.2) is 22.3 Å². The van der Waals surface area contributed by atoms with E-state index in [0.717, 1.165) is 62.4 Å². The summed E-state index contributed by atoms with van der Waals surface area (Å²) in [6, 6.07) is 9.26. The second-order valence-corrected chi connectivity index (χ2v) is 8.14. The largest absolute Gasteiger partial charge is 0.416 e. The minimum atomic E-state index is -4.34. The van der Waals surface area contributed by atoms with Crippen LogP contribution in [0.4, 0.5) is 13.2 Å². The molecule has 3 nitrogen and oxygen atoms in total. The molecule has 0 unspecified atom stereocenters. The zero-order valence-corrected chi connectivity index (χ0v) is 16.3. The quantitative estimate of drug-likeness (QED) is 0.672. The Balaban J connectivity index is 1.46. The van der Waals surface area contributed by atoms with Crippen molar-refractivity contribution in [3.8, 4) is 0 Å². The van der Waals surface area contributed by atoms with Gasteiger partial charge in [-0.15, -0.1) is 0 Å². The molecule has 154 valence electrons. The Labute approximate surface area is 168 Å². The standard InChI is InChI=1S/C23H25F3N2O/c24-23(25,26)19-8-3-5-16(14-19)13-17-10-11-20(27-15-17)21-9-4-12-28(21)22(29)18-6-1-2-7-18/h3,5,8,10-11,14-15,18,21H,1-2,4,6-7,9,12-13H2/t21-/m1/s1. The molecule has 1 atom stereocenters. The van der Waals surface area contributed by atoms with Crippen LogP contribution in [0.5, 0.6) is 0 Å². The number of likely N-dealkylation sites (tertiary alicyclic amines) is 1. The highest BCUT2D eigenvalue weighted by atomic mass is 19.4. The number of carbonyl (C=O) groups is 1. The zero-order chi connectivity index (χ0) is 20.4. The molecule has 0 radical (unpaired) electrons. The van der Waals surface area contributed by atoms with Crippen LogP contribution in [-0.2, 0) is 17.4 Å². The lowest BCUT2D eigenvalue weighted by molar-refractivity contribution is -0.138. The van der Waals surface area contributed by atoms with E-state index in [9.17, 15) is 18.0 Å². The van der Waals surface area contributed by atoms with Crippen LogP contribution >= 0.6 is 0 Å². The van der Waals surface area contributed by atoms with Crippen molar-refractivity contribution in [1.29, 1.82) is 0 Å². The van der Waals surface area contributed by atoms with Gasteiger partial charge in [0.05, 0.1) is 17.3 Å². The van der Waals surface area contributed by atoms with Crippen LogP contribution in [0.25, 0.3) is 0 Å². The first kappa shape index (κ1) is 19.9. The summed E-state index contributed by atoms with van der Waals surface area (Å²) in [7, 11) is 0. The van der Waals surface area contributed by atoms with Gasteiger partial charge in [0.2, 0.25) is 5.91 Å². The third-order valence-electron chi connectivity index (χ3n) is 6.09. The van der Waals surface area contributed by atoms with E-state index in [-0.39, 0.29) is 17.9 Å². The van der Waals surface area contributed by atoms with Crippen LogP contribution < -0.4 is 0 Å². The monoisotopic (exact) mass is 402 g/mol.